The molecule has 0 N–H and O–H groups in total. The maximum Gasteiger partial charge on any atom is 0.123 e. The number of hydrogen-bond acceptors (Lipinski definition) is 8. The van der Waals surface area contributed by atoms with E-state index in [0.29, 0.717) is 39.6 Å². The van der Waals surface area contributed by atoms with Crippen molar-refractivity contribution >= 4 is 0 Å². The molecule has 4 fully saturated rings. The molecule has 10 rings (SSSR count). The van der Waals surface area contributed by atoms with Crippen LogP contribution in [0.15, 0.2) is 140 Å². The van der Waals surface area contributed by atoms with Gasteiger partial charge < -0.3 is 37.9 Å². The van der Waals surface area contributed by atoms with Crippen LogP contribution >= 0.6 is 0 Å². The van der Waals surface area contributed by atoms with Crippen LogP contribution in [0.25, 0.3) is 33.4 Å². The second-order valence-corrected chi connectivity index (χ2v) is 15.0. The average Bonchev–Trinajstić information content (AvgIpc) is 4.06. The van der Waals surface area contributed by atoms with Crippen molar-refractivity contribution in [3.8, 4) is 56.4 Å². The summed E-state index contributed by atoms with van der Waals surface area (Å²) in [4.78, 5) is 0. The van der Waals surface area contributed by atoms with Gasteiger partial charge in [-0.1, -0.05) is 91.0 Å². The summed E-state index contributed by atoms with van der Waals surface area (Å²) >= 11 is 0. The fraction of sp³-hybridized carbons (Fsp3) is 0.265. The van der Waals surface area contributed by atoms with Crippen LogP contribution in [-0.4, -0.2) is 77.3 Å². The van der Waals surface area contributed by atoms with Gasteiger partial charge in [0.25, 0.3) is 0 Å². The summed E-state index contributed by atoms with van der Waals surface area (Å²) in [6.45, 7) is 5.03. The molecule has 4 atom stereocenters. The van der Waals surface area contributed by atoms with Gasteiger partial charge in [-0.15, -0.1) is 0 Å². The van der Waals surface area contributed by atoms with E-state index in [-0.39, 0.29) is 30.3 Å². The van der Waals surface area contributed by atoms with Crippen molar-refractivity contribution in [2.45, 2.75) is 30.3 Å². The molecule has 8 heteroatoms. The minimum atomic E-state index is -0.262. The Morgan fingerprint density at radius 2 is 0.737 bits per heavy atom. The quantitative estimate of drug-likeness (QED) is 0.0634. The van der Waals surface area contributed by atoms with Gasteiger partial charge in [-0.05, 0) is 87.5 Å². The maximum atomic E-state index is 6.63. The van der Waals surface area contributed by atoms with E-state index in [9.17, 15) is 0 Å². The lowest BCUT2D eigenvalue weighted by molar-refractivity contribution is 0.258. The minimum absolute atomic E-state index is 0.0965. The maximum absolute atomic E-state index is 6.63. The van der Waals surface area contributed by atoms with Gasteiger partial charge in [-0.25, -0.2) is 0 Å². The zero-order chi connectivity index (χ0) is 38.0. The Balaban J connectivity index is 1.08. The van der Waals surface area contributed by atoms with E-state index in [2.05, 4.69) is 109 Å². The van der Waals surface area contributed by atoms with Gasteiger partial charge in [0.1, 0.15) is 73.8 Å². The van der Waals surface area contributed by atoms with Crippen LogP contribution in [-0.2, 0) is 18.9 Å². The summed E-state index contributed by atoms with van der Waals surface area (Å²) in [7, 11) is 0. The van der Waals surface area contributed by atoms with Crippen molar-refractivity contribution in [2.75, 3.05) is 52.9 Å². The first kappa shape index (κ1) is 35.8. The SMILES string of the molecule is c1ccc(-c2ccc(C(c3cc(-c4ccc(OCC5CO5)cc4)ccc3OCC3CO3)c3cc(-c4ccc(OCC5CO5)cc4)ccc3OCC3CO3)cc2)cc1. The van der Waals surface area contributed by atoms with Crippen LogP contribution in [0.5, 0.6) is 23.0 Å². The Bertz CT molecular complexity index is 2150. The fourth-order valence-corrected chi connectivity index (χ4v) is 7.08. The van der Waals surface area contributed by atoms with Crippen LogP contribution in [0, 0.1) is 0 Å². The third-order valence-corrected chi connectivity index (χ3v) is 10.7. The minimum Gasteiger partial charge on any atom is -0.491 e. The van der Waals surface area contributed by atoms with Crippen LogP contribution < -0.4 is 18.9 Å². The predicted molar refractivity (Wildman–Crippen MR) is 218 cm³/mol. The van der Waals surface area contributed by atoms with Gasteiger partial charge >= 0.3 is 0 Å². The molecule has 57 heavy (non-hydrogen) atoms. The highest BCUT2D eigenvalue weighted by Gasteiger charge is 2.30. The van der Waals surface area contributed by atoms with Crippen molar-refractivity contribution in [1.82, 2.24) is 0 Å². The monoisotopic (exact) mass is 760 g/mol. The molecule has 6 aromatic carbocycles. The molecular formula is C49H44O8. The second-order valence-electron chi connectivity index (χ2n) is 15.0. The molecule has 0 saturated carbocycles. The molecule has 8 nitrogen and oxygen atoms in total. The number of rotatable bonds is 18. The van der Waals surface area contributed by atoms with Crippen molar-refractivity contribution in [2.24, 2.45) is 0 Å². The molecule has 0 spiro atoms. The molecule has 6 aromatic rings. The van der Waals surface area contributed by atoms with Gasteiger partial charge in [0.2, 0.25) is 0 Å². The lowest BCUT2D eigenvalue weighted by Crippen LogP contribution is -2.13. The molecule has 4 heterocycles. The number of epoxide rings is 4. The van der Waals surface area contributed by atoms with Crippen molar-refractivity contribution in [3.05, 3.63) is 156 Å². The third-order valence-electron chi connectivity index (χ3n) is 10.7. The third kappa shape index (κ3) is 9.01. The van der Waals surface area contributed by atoms with Gasteiger partial charge in [-0.2, -0.15) is 0 Å². The number of benzene rings is 6. The largest absolute Gasteiger partial charge is 0.491 e. The highest BCUT2D eigenvalue weighted by atomic mass is 16.6. The second kappa shape index (κ2) is 16.1. The molecular weight excluding hydrogens is 717 g/mol. The van der Waals surface area contributed by atoms with E-state index in [0.717, 1.165) is 80.7 Å². The van der Waals surface area contributed by atoms with Crippen molar-refractivity contribution in [3.63, 3.8) is 0 Å². The van der Waals surface area contributed by atoms with Crippen LogP contribution in [0.3, 0.4) is 0 Å². The van der Waals surface area contributed by atoms with Crippen LogP contribution in [0.2, 0.25) is 0 Å². The van der Waals surface area contributed by atoms with Gasteiger partial charge in [0.05, 0.1) is 26.4 Å². The highest BCUT2D eigenvalue weighted by molar-refractivity contribution is 5.72. The van der Waals surface area contributed by atoms with Gasteiger partial charge in [-0.3, -0.25) is 0 Å². The fourth-order valence-electron chi connectivity index (χ4n) is 7.08. The molecule has 0 aromatic heterocycles. The first-order chi connectivity index (χ1) is 28.2. The van der Waals surface area contributed by atoms with E-state index in [4.69, 9.17) is 37.9 Å². The lowest BCUT2D eigenvalue weighted by Gasteiger charge is -2.26. The highest BCUT2D eigenvalue weighted by Crippen LogP contribution is 2.45. The lowest BCUT2D eigenvalue weighted by atomic mass is 9.81. The normalized spacial score (nSPS) is 20.6. The standard InChI is InChI=1S/C49H44O8/c1-2-4-32(5-3-1)33-6-8-36(9-7-33)49(45-22-37(14-20-47(45)56-30-43-28-54-43)34-10-16-39(17-11-34)50-24-41-26-52-41)46-23-38(15-21-48(46)57-31-44-29-55-44)35-12-18-40(19-13-35)51-25-42-27-53-42/h1-23,41-44,49H,24-31H2. The zero-order valence-corrected chi connectivity index (χ0v) is 31.6. The van der Waals surface area contributed by atoms with Crippen LogP contribution in [0.1, 0.15) is 22.6 Å². The van der Waals surface area contributed by atoms with E-state index in [1.807, 2.05) is 30.3 Å². The summed E-state index contributed by atoms with van der Waals surface area (Å²) < 4.78 is 47.0. The van der Waals surface area contributed by atoms with Gasteiger partial charge in [0, 0.05) is 17.0 Å². The van der Waals surface area contributed by atoms with Crippen molar-refractivity contribution < 1.29 is 37.9 Å². The average molecular weight is 761 g/mol. The number of hydrogen-bond donors (Lipinski definition) is 0. The molecule has 4 aliphatic heterocycles. The Labute approximate surface area is 332 Å². The Morgan fingerprint density at radius 3 is 1.16 bits per heavy atom. The van der Waals surface area contributed by atoms with E-state index >= 15 is 0 Å². The summed E-state index contributed by atoms with van der Waals surface area (Å²) in [5.74, 6) is 3.00. The molecule has 0 aliphatic carbocycles. The molecule has 0 amide bonds. The Morgan fingerprint density at radius 1 is 0.386 bits per heavy atom. The molecule has 4 unspecified atom stereocenters. The first-order valence-corrected chi connectivity index (χ1v) is 19.8. The van der Waals surface area contributed by atoms with E-state index in [1.54, 1.807) is 0 Å². The summed E-state index contributed by atoms with van der Waals surface area (Å²) in [5.41, 5.74) is 9.78. The Kier molecular flexibility index (Phi) is 10.1. The van der Waals surface area contributed by atoms with Crippen molar-refractivity contribution in [1.29, 1.82) is 0 Å². The molecule has 4 saturated heterocycles. The Hall–Kier alpha value is -5.64. The zero-order valence-electron chi connectivity index (χ0n) is 31.6. The van der Waals surface area contributed by atoms with E-state index < -0.39 is 0 Å². The van der Waals surface area contributed by atoms with Crippen LogP contribution in [0.4, 0.5) is 0 Å². The predicted octanol–water partition coefficient (Wildman–Crippen LogP) is 8.98. The first-order valence-electron chi connectivity index (χ1n) is 19.8. The number of ether oxygens (including phenoxy) is 8. The molecule has 288 valence electrons. The molecule has 0 radical (unpaired) electrons. The summed E-state index contributed by atoms with van der Waals surface area (Å²) in [6, 6.07) is 48.9. The smallest absolute Gasteiger partial charge is 0.123 e. The summed E-state index contributed by atoms with van der Waals surface area (Å²) in [5, 5.41) is 0. The molecule has 0 bridgehead atoms. The summed E-state index contributed by atoms with van der Waals surface area (Å²) in [6.07, 6.45) is 0.590. The molecule has 4 aliphatic rings. The van der Waals surface area contributed by atoms with Gasteiger partial charge in [0.15, 0.2) is 0 Å². The topological polar surface area (TPSA) is 87.0 Å². The van der Waals surface area contributed by atoms with E-state index in [1.165, 1.54) is 5.56 Å².